The number of carbonyl (C=O) groups excluding carboxylic acids is 3. The molecule has 0 radical (unpaired) electrons. The van der Waals surface area contributed by atoms with Crippen molar-refractivity contribution in [3.63, 3.8) is 0 Å². The van der Waals surface area contributed by atoms with E-state index in [1.54, 1.807) is 25.2 Å². The number of amides is 4. The summed E-state index contributed by atoms with van der Waals surface area (Å²) < 4.78 is 0. The largest absolute Gasteiger partial charge is 0.480 e. The highest BCUT2D eigenvalue weighted by Crippen LogP contribution is 2.39. The van der Waals surface area contributed by atoms with Crippen LogP contribution in [0.15, 0.2) is 72.8 Å². The highest BCUT2D eigenvalue weighted by Gasteiger charge is 2.27. The van der Waals surface area contributed by atoms with Crippen molar-refractivity contribution >= 4 is 64.2 Å². The van der Waals surface area contributed by atoms with Crippen LogP contribution in [0.2, 0.25) is 0 Å². The number of likely N-dealkylation sites (N-methyl/N-ethyl adjacent to an activating group) is 1. The van der Waals surface area contributed by atoms with Gasteiger partial charge in [0.05, 0.1) is 11.1 Å². The number of carboxylic acids is 2. The molecule has 57 heavy (non-hydrogen) atoms. The quantitative estimate of drug-likeness (QED) is 0.0679. The number of rotatable bonds is 18. The summed E-state index contributed by atoms with van der Waals surface area (Å²) in [5, 5.41) is 27.1. The van der Waals surface area contributed by atoms with Crippen LogP contribution in [0.25, 0.3) is 0 Å². The number of fused-ring (bicyclic) bond motifs is 1. The van der Waals surface area contributed by atoms with Gasteiger partial charge in [-0.2, -0.15) is 0 Å². The Morgan fingerprint density at radius 1 is 0.772 bits per heavy atom. The van der Waals surface area contributed by atoms with E-state index in [0.717, 1.165) is 78.5 Å². The second kappa shape index (κ2) is 21.3. The highest BCUT2D eigenvalue weighted by molar-refractivity contribution is 7.17. The number of aromatic carboxylic acids is 1. The summed E-state index contributed by atoms with van der Waals surface area (Å²) in [4.78, 5) is 67.0. The Hall–Kier alpha value is -5.24. The molecule has 0 atom stereocenters. The third-order valence-corrected chi connectivity index (χ3v) is 11.4. The molecule has 0 saturated carbocycles. The maximum atomic E-state index is 13.9. The topological polar surface area (TPSA) is 168 Å². The third kappa shape index (κ3) is 12.4. The van der Waals surface area contributed by atoms with E-state index in [1.807, 2.05) is 54.6 Å². The van der Waals surface area contributed by atoms with Crippen molar-refractivity contribution in [1.29, 1.82) is 0 Å². The molecular formula is C43H52ClN5O7S. The molecule has 1 aliphatic rings. The zero-order chi connectivity index (χ0) is 40.2. The van der Waals surface area contributed by atoms with E-state index in [1.165, 1.54) is 16.2 Å². The zero-order valence-corrected chi connectivity index (χ0v) is 34.3. The maximum Gasteiger partial charge on any atom is 0.335 e. The summed E-state index contributed by atoms with van der Waals surface area (Å²) >= 11 is 1.47. The number of hydrogen-bond acceptors (Lipinski definition) is 7. The second-order valence-corrected chi connectivity index (χ2v) is 15.2. The van der Waals surface area contributed by atoms with Crippen LogP contribution < -0.4 is 16.0 Å². The Bertz CT molecular complexity index is 2010. The van der Waals surface area contributed by atoms with Gasteiger partial charge in [-0.3, -0.25) is 19.3 Å². The molecule has 12 nitrogen and oxygen atoms in total. The lowest BCUT2D eigenvalue weighted by Crippen LogP contribution is -2.45. The summed E-state index contributed by atoms with van der Waals surface area (Å²) in [6, 6.07) is 21.8. The molecule has 4 aromatic rings. The number of urea groups is 1. The van der Waals surface area contributed by atoms with Crippen molar-refractivity contribution in [2.75, 3.05) is 37.3 Å². The number of nitrogens with one attached hydrogen (secondary N) is 3. The van der Waals surface area contributed by atoms with Gasteiger partial charge >= 0.3 is 18.0 Å². The number of hydrogen-bond donors (Lipinski definition) is 5. The normalized spacial score (nSPS) is 12.0. The number of nitrogens with zero attached hydrogens (tertiary/aromatic N) is 2. The minimum Gasteiger partial charge on any atom is -0.480 e. The number of benzene rings is 3. The van der Waals surface area contributed by atoms with Crippen molar-refractivity contribution in [3.05, 3.63) is 117 Å². The summed E-state index contributed by atoms with van der Waals surface area (Å²) in [5.41, 5.74) is 5.96. The highest BCUT2D eigenvalue weighted by atomic mass is 35.5. The lowest BCUT2D eigenvalue weighted by atomic mass is 9.95. The van der Waals surface area contributed by atoms with E-state index in [0.29, 0.717) is 41.4 Å². The van der Waals surface area contributed by atoms with E-state index < -0.39 is 24.5 Å². The average Bonchev–Trinajstić information content (AvgIpc) is 3.57. The number of aliphatic carboxylic acids is 1. The molecule has 1 heterocycles. The Balaban J connectivity index is 0.00000720. The Morgan fingerprint density at radius 2 is 1.42 bits per heavy atom. The summed E-state index contributed by atoms with van der Waals surface area (Å²) in [6.07, 6.45) is 6.96. The van der Waals surface area contributed by atoms with Gasteiger partial charge in [0.1, 0.15) is 11.5 Å². The summed E-state index contributed by atoms with van der Waals surface area (Å²) in [7, 11) is 1.64. The molecule has 0 aliphatic heterocycles. The SMILES string of the molecule is CCC(CC)N(CCN(C)C(=O)NCC(=O)O)Cc1cccc(C(=O)Nc2sc3c(c2C(=O)Nc2ccc(CCc4ccc(C(=O)O)cc4)cc2)CCCC3)c1.Cl. The fraction of sp³-hybridized carbons (Fsp3) is 0.372. The third-order valence-electron chi connectivity index (χ3n) is 10.2. The van der Waals surface area contributed by atoms with Crippen LogP contribution in [0.1, 0.15) is 97.7 Å². The van der Waals surface area contributed by atoms with Gasteiger partial charge in [0, 0.05) is 48.9 Å². The molecule has 0 fully saturated rings. The monoisotopic (exact) mass is 817 g/mol. The van der Waals surface area contributed by atoms with Gasteiger partial charge < -0.3 is 31.1 Å². The molecule has 5 N–H and O–H groups in total. The lowest BCUT2D eigenvalue weighted by Gasteiger charge is -2.32. The van der Waals surface area contributed by atoms with Crippen LogP contribution in [0.4, 0.5) is 15.5 Å². The van der Waals surface area contributed by atoms with Gasteiger partial charge in [-0.1, -0.05) is 50.2 Å². The Labute approximate surface area is 344 Å². The van der Waals surface area contributed by atoms with E-state index in [2.05, 4.69) is 34.7 Å². The number of carbonyl (C=O) groups is 5. The molecule has 1 aromatic heterocycles. The van der Waals surface area contributed by atoms with Crippen LogP contribution in [-0.2, 0) is 37.0 Å². The number of anilines is 2. The van der Waals surface area contributed by atoms with E-state index >= 15 is 0 Å². The predicted octanol–water partition coefficient (Wildman–Crippen LogP) is 7.75. The molecule has 4 amide bonds. The van der Waals surface area contributed by atoms with E-state index in [9.17, 15) is 24.0 Å². The first-order valence-electron chi connectivity index (χ1n) is 19.2. The van der Waals surface area contributed by atoms with Crippen molar-refractivity contribution in [3.8, 4) is 0 Å². The molecule has 0 bridgehead atoms. The van der Waals surface area contributed by atoms with Gasteiger partial charge in [-0.05, 0) is 110 Å². The first-order valence-corrected chi connectivity index (χ1v) is 20.0. The van der Waals surface area contributed by atoms with Crippen molar-refractivity contribution in [1.82, 2.24) is 15.1 Å². The average molecular weight is 818 g/mol. The van der Waals surface area contributed by atoms with Crippen LogP contribution in [0.5, 0.6) is 0 Å². The molecule has 1 aliphatic carbocycles. The van der Waals surface area contributed by atoms with Crippen LogP contribution in [-0.4, -0.2) is 82.5 Å². The van der Waals surface area contributed by atoms with E-state index in [-0.39, 0.29) is 35.8 Å². The molecule has 3 aromatic carbocycles. The minimum atomic E-state index is -1.10. The maximum absolute atomic E-state index is 13.9. The van der Waals surface area contributed by atoms with Crippen molar-refractivity contribution in [2.45, 2.75) is 77.8 Å². The smallest absolute Gasteiger partial charge is 0.335 e. The van der Waals surface area contributed by atoms with Crippen molar-refractivity contribution in [2.24, 2.45) is 0 Å². The fourth-order valence-electron chi connectivity index (χ4n) is 7.03. The van der Waals surface area contributed by atoms with Gasteiger partial charge in [-0.15, -0.1) is 23.7 Å². The van der Waals surface area contributed by atoms with Gasteiger partial charge in [0.15, 0.2) is 0 Å². The van der Waals surface area contributed by atoms with Gasteiger partial charge in [0.25, 0.3) is 11.8 Å². The standard InChI is InChI=1S/C43H51N5O7S.ClH/c1-4-34(5-2)48(24-23-47(3)43(55)44-26-37(49)50)27-30-9-8-10-32(25-30)39(51)46-41-38(35-11-6-7-12-36(35)56-41)40(52)45-33-21-17-29(18-22-33)14-13-28-15-19-31(20-16-28)42(53)54;/h8-10,15-22,25,34H,4-7,11-14,23-24,26-27H2,1-3H3,(H,44,55)(H,45,52)(H,46,51)(H,49,50)(H,53,54);1H. The molecule has 0 spiro atoms. The first kappa shape index (κ1) is 44.5. The summed E-state index contributed by atoms with van der Waals surface area (Å²) in [6.45, 7) is 5.30. The Morgan fingerprint density at radius 3 is 2.05 bits per heavy atom. The van der Waals surface area contributed by atoms with Crippen molar-refractivity contribution < 1.29 is 34.2 Å². The number of carboxylic acid groups (broad SMARTS) is 2. The molecule has 0 unspecified atom stereocenters. The Kier molecular flexibility index (Phi) is 16.6. The number of aryl methyl sites for hydroxylation is 3. The van der Waals surface area contributed by atoms with Crippen LogP contribution in [0.3, 0.4) is 0 Å². The zero-order valence-electron chi connectivity index (χ0n) is 32.6. The molecule has 0 saturated heterocycles. The summed E-state index contributed by atoms with van der Waals surface area (Å²) in [5.74, 6) is -2.61. The van der Waals surface area contributed by atoms with Gasteiger partial charge in [0.2, 0.25) is 0 Å². The lowest BCUT2D eigenvalue weighted by molar-refractivity contribution is -0.135. The predicted molar refractivity (Wildman–Crippen MR) is 226 cm³/mol. The number of halogens is 1. The first-order chi connectivity index (χ1) is 26.9. The van der Waals surface area contributed by atoms with Crippen LogP contribution >= 0.6 is 23.7 Å². The minimum absolute atomic E-state index is 0. The molecule has 5 rings (SSSR count). The van der Waals surface area contributed by atoms with E-state index in [4.69, 9.17) is 10.2 Å². The van der Waals surface area contributed by atoms with Crippen LogP contribution in [0, 0.1) is 0 Å². The second-order valence-electron chi connectivity index (χ2n) is 14.1. The molecule has 14 heteroatoms. The number of thiophene rings is 1. The fourth-order valence-corrected chi connectivity index (χ4v) is 8.31. The van der Waals surface area contributed by atoms with Gasteiger partial charge in [-0.25, -0.2) is 9.59 Å². The molecular weight excluding hydrogens is 766 g/mol. The molecule has 304 valence electrons.